The Morgan fingerprint density at radius 3 is 2.65 bits per heavy atom. The van der Waals surface area contributed by atoms with Gasteiger partial charge in [-0.05, 0) is 34.8 Å². The Morgan fingerprint density at radius 2 is 2.05 bits per heavy atom. The van der Waals surface area contributed by atoms with Gasteiger partial charge < -0.3 is 4.74 Å². The first kappa shape index (κ1) is 14.7. The van der Waals surface area contributed by atoms with Gasteiger partial charge in [0.1, 0.15) is 0 Å². The third kappa shape index (κ3) is 2.86. The number of hydrogen-bond acceptors (Lipinski definition) is 4. The van der Waals surface area contributed by atoms with E-state index in [1.54, 1.807) is 11.3 Å². The summed E-state index contributed by atoms with van der Waals surface area (Å²) in [6.07, 6.45) is 4.98. The van der Waals surface area contributed by atoms with Crippen molar-refractivity contribution in [3.63, 3.8) is 0 Å². The molecule has 2 aliphatic rings. The van der Waals surface area contributed by atoms with Crippen molar-refractivity contribution in [2.45, 2.75) is 37.6 Å². The Bertz CT molecular complexity index is 476. The summed E-state index contributed by atoms with van der Waals surface area (Å²) in [6.45, 7) is 3.33. The van der Waals surface area contributed by atoms with Gasteiger partial charge in [-0.1, -0.05) is 12.8 Å². The summed E-state index contributed by atoms with van der Waals surface area (Å²) in [6, 6.07) is 2.07. The number of rotatable bonds is 4. The zero-order valence-electron chi connectivity index (χ0n) is 11.6. The number of hydrogen-bond donors (Lipinski definition) is 0. The number of morpholine rings is 1. The molecule has 0 amide bonds. The molecule has 0 unspecified atom stereocenters. The van der Waals surface area contributed by atoms with Gasteiger partial charge in [-0.3, -0.25) is 9.69 Å². The predicted molar refractivity (Wildman–Crippen MR) is 84.3 cm³/mol. The summed E-state index contributed by atoms with van der Waals surface area (Å²) in [5.74, 6) is 0.409. The van der Waals surface area contributed by atoms with Crippen LogP contribution in [0, 0.1) is 0 Å². The van der Waals surface area contributed by atoms with Crippen LogP contribution in [0.25, 0.3) is 0 Å². The van der Waals surface area contributed by atoms with Gasteiger partial charge in [-0.15, -0.1) is 11.3 Å². The predicted octanol–water partition coefficient (Wildman–Crippen LogP) is 3.27. The van der Waals surface area contributed by atoms with Crippen molar-refractivity contribution in [2.75, 3.05) is 26.3 Å². The second kappa shape index (κ2) is 6.26. The van der Waals surface area contributed by atoms with Crippen LogP contribution < -0.4 is 0 Å². The Morgan fingerprint density at radius 1 is 1.35 bits per heavy atom. The molecular formula is C15H20BrNO2S. The second-order valence-electron chi connectivity index (χ2n) is 5.67. The fourth-order valence-electron chi connectivity index (χ4n) is 3.49. The molecule has 5 heteroatoms. The number of Topliss-reactive ketones (excluding diaryl/α,β-unsaturated/α-hetero) is 1. The molecule has 1 saturated carbocycles. The van der Waals surface area contributed by atoms with Crippen molar-refractivity contribution in [1.82, 2.24) is 4.90 Å². The molecule has 1 aromatic heterocycles. The van der Waals surface area contributed by atoms with Crippen LogP contribution in [0.3, 0.4) is 0 Å². The van der Waals surface area contributed by atoms with E-state index in [1.165, 1.54) is 17.7 Å². The van der Waals surface area contributed by atoms with Crippen LogP contribution in [0.4, 0.5) is 0 Å². The number of carbonyl (C=O) groups is 1. The highest BCUT2D eigenvalue weighted by atomic mass is 79.9. The highest BCUT2D eigenvalue weighted by molar-refractivity contribution is 9.10. The summed E-state index contributed by atoms with van der Waals surface area (Å²) in [5, 5.41) is 2.05. The quantitative estimate of drug-likeness (QED) is 0.828. The lowest BCUT2D eigenvalue weighted by Crippen LogP contribution is -2.57. The summed E-state index contributed by atoms with van der Waals surface area (Å²) in [4.78, 5) is 16.5. The van der Waals surface area contributed by atoms with E-state index in [1.807, 2.05) is 0 Å². The first-order chi connectivity index (χ1) is 9.71. The van der Waals surface area contributed by atoms with Crippen LogP contribution in [-0.4, -0.2) is 42.5 Å². The summed E-state index contributed by atoms with van der Waals surface area (Å²) in [7, 11) is 0. The van der Waals surface area contributed by atoms with E-state index < -0.39 is 0 Å². The molecule has 3 rings (SSSR count). The van der Waals surface area contributed by atoms with E-state index in [0.29, 0.717) is 12.2 Å². The zero-order chi connectivity index (χ0) is 14.0. The van der Waals surface area contributed by atoms with Crippen LogP contribution in [0.1, 0.15) is 30.6 Å². The molecule has 0 atom stereocenters. The maximum atomic E-state index is 13.0. The zero-order valence-corrected chi connectivity index (χ0v) is 14.0. The highest BCUT2D eigenvalue weighted by Crippen LogP contribution is 2.38. The Labute approximate surface area is 132 Å². The molecule has 0 N–H and O–H groups in total. The molecule has 20 heavy (non-hydrogen) atoms. The molecule has 1 saturated heterocycles. The van der Waals surface area contributed by atoms with Crippen molar-refractivity contribution >= 4 is 33.0 Å². The van der Waals surface area contributed by atoms with Gasteiger partial charge in [0.2, 0.25) is 0 Å². The van der Waals surface area contributed by atoms with Crippen molar-refractivity contribution in [2.24, 2.45) is 0 Å². The Kier molecular flexibility index (Phi) is 4.60. The first-order valence-electron chi connectivity index (χ1n) is 7.30. The molecular weight excluding hydrogens is 338 g/mol. The highest BCUT2D eigenvalue weighted by Gasteiger charge is 2.45. The average molecular weight is 358 g/mol. The lowest BCUT2D eigenvalue weighted by Gasteiger charge is -2.42. The van der Waals surface area contributed by atoms with Crippen LogP contribution in [0.15, 0.2) is 15.9 Å². The lowest BCUT2D eigenvalue weighted by molar-refractivity contribution is -0.133. The molecule has 0 spiro atoms. The third-order valence-electron chi connectivity index (χ3n) is 4.52. The molecule has 1 aliphatic heterocycles. The number of thiophene rings is 1. The van der Waals surface area contributed by atoms with Gasteiger partial charge >= 0.3 is 0 Å². The molecule has 1 aromatic rings. The van der Waals surface area contributed by atoms with E-state index in [9.17, 15) is 4.79 Å². The SMILES string of the molecule is O=C(Cc1cc(Br)cs1)C1(N2CCOCC2)CCCC1. The molecule has 0 radical (unpaired) electrons. The lowest BCUT2D eigenvalue weighted by atomic mass is 9.87. The van der Waals surface area contributed by atoms with E-state index in [4.69, 9.17) is 4.74 Å². The van der Waals surface area contributed by atoms with Gasteiger partial charge in [-0.2, -0.15) is 0 Å². The van der Waals surface area contributed by atoms with Crippen molar-refractivity contribution in [1.29, 1.82) is 0 Å². The fraction of sp³-hybridized carbons (Fsp3) is 0.667. The number of carbonyl (C=O) groups excluding carboxylic acids is 1. The van der Waals surface area contributed by atoms with Gasteiger partial charge in [0.15, 0.2) is 5.78 Å². The van der Waals surface area contributed by atoms with Crippen molar-refractivity contribution < 1.29 is 9.53 Å². The van der Waals surface area contributed by atoms with Crippen molar-refractivity contribution in [3.05, 3.63) is 20.8 Å². The fourth-order valence-corrected chi connectivity index (χ4v) is 4.94. The summed E-state index contributed by atoms with van der Waals surface area (Å²) >= 11 is 5.14. The average Bonchev–Trinajstić information content (AvgIpc) is 3.10. The van der Waals surface area contributed by atoms with Crippen LogP contribution in [0.2, 0.25) is 0 Å². The molecule has 2 heterocycles. The van der Waals surface area contributed by atoms with Crippen LogP contribution in [0.5, 0.6) is 0 Å². The third-order valence-corrected chi connectivity index (χ3v) is 6.22. The van der Waals surface area contributed by atoms with E-state index in [2.05, 4.69) is 32.3 Å². The topological polar surface area (TPSA) is 29.5 Å². The number of halogens is 1. The van der Waals surface area contributed by atoms with Crippen LogP contribution >= 0.6 is 27.3 Å². The van der Waals surface area contributed by atoms with Crippen LogP contribution in [-0.2, 0) is 16.0 Å². The van der Waals surface area contributed by atoms with Crippen molar-refractivity contribution in [3.8, 4) is 0 Å². The molecule has 1 aliphatic carbocycles. The minimum Gasteiger partial charge on any atom is -0.379 e. The maximum absolute atomic E-state index is 13.0. The maximum Gasteiger partial charge on any atom is 0.158 e. The first-order valence-corrected chi connectivity index (χ1v) is 8.97. The normalized spacial score (nSPS) is 23.1. The molecule has 3 nitrogen and oxygen atoms in total. The number of nitrogens with zero attached hydrogens (tertiary/aromatic N) is 1. The van der Waals surface area contributed by atoms with Gasteiger partial charge in [0, 0.05) is 34.2 Å². The van der Waals surface area contributed by atoms with E-state index in [-0.39, 0.29) is 5.54 Å². The monoisotopic (exact) mass is 357 g/mol. The minimum atomic E-state index is -0.208. The van der Waals surface area contributed by atoms with Gasteiger partial charge in [-0.25, -0.2) is 0 Å². The van der Waals surface area contributed by atoms with Gasteiger partial charge in [0.05, 0.1) is 18.8 Å². The molecule has 0 aromatic carbocycles. The largest absolute Gasteiger partial charge is 0.379 e. The van der Waals surface area contributed by atoms with E-state index >= 15 is 0 Å². The second-order valence-corrected chi connectivity index (χ2v) is 7.58. The summed E-state index contributed by atoms with van der Waals surface area (Å²) < 4.78 is 6.53. The standard InChI is InChI=1S/C15H20BrNO2S/c16-12-9-13(20-11-12)10-14(18)15(3-1-2-4-15)17-5-7-19-8-6-17/h9,11H,1-8,10H2. The smallest absolute Gasteiger partial charge is 0.158 e. The Balaban J connectivity index is 1.76. The molecule has 0 bridgehead atoms. The molecule has 2 fully saturated rings. The summed E-state index contributed by atoms with van der Waals surface area (Å²) in [5.41, 5.74) is -0.208. The van der Waals surface area contributed by atoms with E-state index in [0.717, 1.165) is 43.6 Å². The minimum absolute atomic E-state index is 0.208. The number of ketones is 1. The molecule has 110 valence electrons. The number of ether oxygens (including phenoxy) is 1. The van der Waals surface area contributed by atoms with Gasteiger partial charge in [0.25, 0.3) is 0 Å². The Hall–Kier alpha value is -0.230.